The maximum atomic E-state index is 3.90. The number of fused-ring (bicyclic) bond motifs is 9. The molecule has 2 heterocycles. The van der Waals surface area contributed by atoms with E-state index >= 15 is 0 Å². The summed E-state index contributed by atoms with van der Waals surface area (Å²) in [5.74, 6) is 0. The van der Waals surface area contributed by atoms with Crippen LogP contribution in [0.5, 0.6) is 0 Å². The van der Waals surface area contributed by atoms with Crippen LogP contribution in [0.4, 0.5) is 22.7 Å². The molecule has 1 N–H and O–H groups in total. The number of benzene rings is 8. The fourth-order valence-electron chi connectivity index (χ4n) is 7.34. The third-order valence-electron chi connectivity index (χ3n) is 9.69. The van der Waals surface area contributed by atoms with E-state index in [0.717, 1.165) is 17.1 Å². The van der Waals surface area contributed by atoms with E-state index < -0.39 is 0 Å². The van der Waals surface area contributed by atoms with E-state index in [1.807, 2.05) is 23.1 Å². The highest BCUT2D eigenvalue weighted by Gasteiger charge is 2.28. The third-order valence-corrected chi connectivity index (χ3v) is 12.1. The Labute approximate surface area is 293 Å². The topological polar surface area (TPSA) is 15.3 Å². The van der Waals surface area contributed by atoms with Crippen molar-refractivity contribution in [2.75, 3.05) is 10.2 Å². The van der Waals surface area contributed by atoms with E-state index in [2.05, 4.69) is 180 Å². The van der Waals surface area contributed by atoms with Crippen LogP contribution in [-0.2, 0) is 0 Å². The second-order valence-corrected chi connectivity index (χ2v) is 14.8. The monoisotopic (exact) mass is 662 g/mol. The van der Waals surface area contributed by atoms with Crippen LogP contribution in [0.15, 0.2) is 175 Å². The molecule has 1 atom stereocenters. The van der Waals surface area contributed by atoms with Gasteiger partial charge in [-0.2, -0.15) is 0 Å². The van der Waals surface area contributed by atoms with E-state index in [-0.39, 0.29) is 5.37 Å². The molecule has 1 aliphatic heterocycles. The number of hydrogen-bond donors (Lipinski definition) is 1. The van der Waals surface area contributed by atoms with Gasteiger partial charge in [0, 0.05) is 52.9 Å². The van der Waals surface area contributed by atoms with Gasteiger partial charge in [-0.25, -0.2) is 0 Å². The van der Waals surface area contributed by atoms with Gasteiger partial charge in [-0.15, -0.1) is 11.3 Å². The van der Waals surface area contributed by atoms with Crippen LogP contribution in [0.2, 0.25) is 0 Å². The highest BCUT2D eigenvalue weighted by atomic mass is 32.2. The van der Waals surface area contributed by atoms with Crippen molar-refractivity contribution in [1.82, 2.24) is 0 Å². The zero-order valence-electron chi connectivity index (χ0n) is 26.5. The Balaban J connectivity index is 1.17. The van der Waals surface area contributed by atoms with Gasteiger partial charge in [-0.05, 0) is 69.9 Å². The predicted molar refractivity (Wildman–Crippen MR) is 213 cm³/mol. The summed E-state index contributed by atoms with van der Waals surface area (Å²) in [5, 5.41) is 11.8. The molecule has 8 aromatic carbocycles. The standard InChI is InChI=1S/C45H30N2S2/c1-3-11-29(12-4-1)30-19-21-32(22-20-30)47(34-24-26-38-37-16-9-10-18-41(37)48-42(38)28-34)33-23-25-36-35-15-7-8-17-39(35)43-44(40(36)27-33)49-45(46-43)31-13-5-2-6-14-31/h1-28,45-46H. The van der Waals surface area contributed by atoms with Gasteiger partial charge in [0.25, 0.3) is 0 Å². The Kier molecular flexibility index (Phi) is 6.71. The van der Waals surface area contributed by atoms with Gasteiger partial charge >= 0.3 is 0 Å². The zero-order chi connectivity index (χ0) is 32.3. The first kappa shape index (κ1) is 28.5. The molecule has 1 aromatic heterocycles. The summed E-state index contributed by atoms with van der Waals surface area (Å²) in [6, 6.07) is 61.9. The molecule has 1 unspecified atom stereocenters. The first-order valence-corrected chi connectivity index (χ1v) is 18.3. The van der Waals surface area contributed by atoms with Crippen LogP contribution < -0.4 is 10.2 Å². The summed E-state index contributed by atoms with van der Waals surface area (Å²) in [4.78, 5) is 3.73. The highest BCUT2D eigenvalue weighted by Crippen LogP contribution is 2.54. The van der Waals surface area contributed by atoms with Crippen molar-refractivity contribution in [3.63, 3.8) is 0 Å². The number of thioether (sulfide) groups is 1. The number of nitrogens with one attached hydrogen (secondary N) is 1. The summed E-state index contributed by atoms with van der Waals surface area (Å²) in [5.41, 5.74) is 8.36. The summed E-state index contributed by atoms with van der Waals surface area (Å²) in [6.07, 6.45) is 0. The van der Waals surface area contributed by atoms with E-state index in [0.29, 0.717) is 0 Å². The zero-order valence-corrected chi connectivity index (χ0v) is 28.1. The fraction of sp³-hybridized carbons (Fsp3) is 0.0222. The Bertz CT molecular complexity index is 2660. The lowest BCUT2D eigenvalue weighted by atomic mass is 9.98. The summed E-state index contributed by atoms with van der Waals surface area (Å²) >= 11 is 3.78. The third kappa shape index (κ3) is 4.79. The van der Waals surface area contributed by atoms with Gasteiger partial charge in [-0.3, -0.25) is 0 Å². The largest absolute Gasteiger partial charge is 0.368 e. The number of anilines is 4. The Hall–Kier alpha value is -5.55. The van der Waals surface area contributed by atoms with Gasteiger partial charge in [0.15, 0.2) is 0 Å². The molecule has 0 amide bonds. The average Bonchev–Trinajstić information content (AvgIpc) is 3.79. The Morgan fingerprint density at radius 1 is 0.429 bits per heavy atom. The molecular weight excluding hydrogens is 633 g/mol. The minimum absolute atomic E-state index is 0.158. The second kappa shape index (κ2) is 11.6. The molecule has 0 saturated carbocycles. The molecule has 9 aromatic rings. The van der Waals surface area contributed by atoms with E-state index in [9.17, 15) is 0 Å². The van der Waals surface area contributed by atoms with Crippen molar-refractivity contribution in [2.45, 2.75) is 10.3 Å². The van der Waals surface area contributed by atoms with Crippen molar-refractivity contribution >= 4 is 87.6 Å². The van der Waals surface area contributed by atoms with Crippen molar-refractivity contribution in [2.24, 2.45) is 0 Å². The number of rotatable bonds is 5. The van der Waals surface area contributed by atoms with E-state index in [1.165, 1.54) is 69.0 Å². The van der Waals surface area contributed by atoms with Crippen molar-refractivity contribution < 1.29 is 0 Å². The maximum Gasteiger partial charge on any atom is 0.103 e. The first-order chi connectivity index (χ1) is 24.3. The summed E-state index contributed by atoms with van der Waals surface area (Å²) < 4.78 is 2.61. The van der Waals surface area contributed by atoms with E-state index in [4.69, 9.17) is 0 Å². The van der Waals surface area contributed by atoms with Crippen LogP contribution >= 0.6 is 23.1 Å². The normalized spacial score (nSPS) is 14.0. The molecule has 0 spiro atoms. The quantitative estimate of drug-likeness (QED) is 0.185. The van der Waals surface area contributed by atoms with Gasteiger partial charge in [0.05, 0.1) is 5.69 Å². The van der Waals surface area contributed by atoms with Crippen LogP contribution in [0, 0.1) is 0 Å². The maximum absolute atomic E-state index is 3.90. The van der Waals surface area contributed by atoms with Crippen molar-refractivity contribution in [1.29, 1.82) is 0 Å². The molecule has 0 bridgehead atoms. The molecule has 4 heteroatoms. The predicted octanol–water partition coefficient (Wildman–Crippen LogP) is 13.7. The summed E-state index contributed by atoms with van der Waals surface area (Å²) in [6.45, 7) is 0. The van der Waals surface area contributed by atoms with Crippen LogP contribution in [-0.4, -0.2) is 0 Å². The molecule has 2 nitrogen and oxygen atoms in total. The van der Waals surface area contributed by atoms with Crippen molar-refractivity contribution in [3.05, 3.63) is 175 Å². The molecule has 0 saturated heterocycles. The number of thiophene rings is 1. The van der Waals surface area contributed by atoms with Crippen molar-refractivity contribution in [3.8, 4) is 11.1 Å². The molecule has 232 valence electrons. The lowest BCUT2D eigenvalue weighted by Crippen LogP contribution is -2.10. The number of nitrogens with zero attached hydrogens (tertiary/aromatic N) is 1. The molecular formula is C45H30N2S2. The molecule has 10 rings (SSSR count). The molecule has 0 radical (unpaired) electrons. The minimum atomic E-state index is 0.158. The molecule has 1 aliphatic rings. The van der Waals surface area contributed by atoms with Crippen LogP contribution in [0.3, 0.4) is 0 Å². The lowest BCUT2D eigenvalue weighted by molar-refractivity contribution is 1.14. The highest BCUT2D eigenvalue weighted by molar-refractivity contribution is 8.00. The molecule has 0 fully saturated rings. The van der Waals surface area contributed by atoms with Gasteiger partial charge in [0.2, 0.25) is 0 Å². The smallest absolute Gasteiger partial charge is 0.103 e. The van der Waals surface area contributed by atoms with Gasteiger partial charge in [0.1, 0.15) is 5.37 Å². The second-order valence-electron chi connectivity index (χ2n) is 12.6. The van der Waals surface area contributed by atoms with Gasteiger partial charge < -0.3 is 10.2 Å². The molecule has 49 heavy (non-hydrogen) atoms. The van der Waals surface area contributed by atoms with Crippen LogP contribution in [0.25, 0.3) is 52.8 Å². The average molecular weight is 663 g/mol. The Morgan fingerprint density at radius 2 is 1.00 bits per heavy atom. The lowest BCUT2D eigenvalue weighted by Gasteiger charge is -2.26. The van der Waals surface area contributed by atoms with Crippen LogP contribution in [0.1, 0.15) is 10.9 Å². The SMILES string of the molecule is c1ccc(-c2ccc(N(c3ccc4c(c3)sc3ccccc34)c3ccc4c(c3)c3c(c5ccccc54)NC(c4ccccc4)S3)cc2)cc1. The first-order valence-electron chi connectivity index (χ1n) is 16.6. The summed E-state index contributed by atoms with van der Waals surface area (Å²) in [7, 11) is 0. The molecule has 0 aliphatic carbocycles. The van der Waals surface area contributed by atoms with Gasteiger partial charge in [-0.1, -0.05) is 139 Å². The van der Waals surface area contributed by atoms with E-state index in [1.54, 1.807) is 0 Å². The Morgan fingerprint density at radius 3 is 1.80 bits per heavy atom. The number of hydrogen-bond acceptors (Lipinski definition) is 4. The minimum Gasteiger partial charge on any atom is -0.368 e. The fourth-order valence-corrected chi connectivity index (χ4v) is 9.77.